The Kier molecular flexibility index (Phi) is 6.86. The fourth-order valence-electron chi connectivity index (χ4n) is 7.40. The van der Waals surface area contributed by atoms with E-state index in [1.165, 1.54) is 60.4 Å². The van der Waals surface area contributed by atoms with Crippen LogP contribution in [0.1, 0.15) is 18.5 Å². The summed E-state index contributed by atoms with van der Waals surface area (Å²) in [5.41, 5.74) is 11.8. The second-order valence-electron chi connectivity index (χ2n) is 12.8. The summed E-state index contributed by atoms with van der Waals surface area (Å²) in [5, 5.41) is 8.28. The van der Waals surface area contributed by atoms with Gasteiger partial charge in [-0.1, -0.05) is 98.0 Å². The summed E-state index contributed by atoms with van der Waals surface area (Å²) in [6.07, 6.45) is 23.0. The van der Waals surface area contributed by atoms with E-state index in [1.807, 2.05) is 37.1 Å². The molecule has 2 atom stereocenters. The van der Waals surface area contributed by atoms with Gasteiger partial charge in [0, 0.05) is 64.2 Å². The highest BCUT2D eigenvalue weighted by Gasteiger charge is 2.23. The van der Waals surface area contributed by atoms with E-state index in [0.717, 1.165) is 23.2 Å². The van der Waals surface area contributed by atoms with Crippen LogP contribution < -0.4 is 5.32 Å². The summed E-state index contributed by atoms with van der Waals surface area (Å²) < 4.78 is 2.59. The largest absolute Gasteiger partial charge is 0.387 e. The van der Waals surface area contributed by atoms with Crippen LogP contribution in [0.3, 0.4) is 0 Å². The second-order valence-corrected chi connectivity index (χ2v) is 12.8. The van der Waals surface area contributed by atoms with E-state index in [4.69, 9.17) is 0 Å². The van der Waals surface area contributed by atoms with E-state index in [-0.39, 0.29) is 6.04 Å². The fourth-order valence-corrected chi connectivity index (χ4v) is 7.40. The molecule has 3 aromatic heterocycles. The van der Waals surface area contributed by atoms with E-state index < -0.39 is 0 Å². The normalized spacial score (nSPS) is 17.2. The molecule has 0 saturated heterocycles. The number of benzene rings is 4. The summed E-state index contributed by atoms with van der Waals surface area (Å²) in [7, 11) is 0. The zero-order valence-corrected chi connectivity index (χ0v) is 26.7. The van der Waals surface area contributed by atoms with Crippen molar-refractivity contribution in [2.75, 3.05) is 6.54 Å². The topological polar surface area (TPSA) is 42.7 Å². The molecule has 0 spiro atoms. The summed E-state index contributed by atoms with van der Waals surface area (Å²) in [4.78, 5) is 8.96. The Morgan fingerprint density at radius 1 is 0.646 bits per heavy atom. The van der Waals surface area contributed by atoms with E-state index in [9.17, 15) is 0 Å². The average molecular weight is 619 g/mol. The van der Waals surface area contributed by atoms with Crippen molar-refractivity contribution in [2.24, 2.45) is 5.92 Å². The van der Waals surface area contributed by atoms with Crippen LogP contribution >= 0.6 is 0 Å². The number of fused-ring (bicyclic) bond motifs is 5. The Morgan fingerprint density at radius 3 is 2.21 bits per heavy atom. The number of hydrogen-bond donors (Lipinski definition) is 1. The van der Waals surface area contributed by atoms with Crippen molar-refractivity contribution < 1.29 is 0 Å². The molecule has 2 unspecified atom stereocenters. The van der Waals surface area contributed by atoms with Crippen molar-refractivity contribution in [3.8, 4) is 33.4 Å². The molecule has 0 fully saturated rings. The van der Waals surface area contributed by atoms with Crippen LogP contribution in [-0.4, -0.2) is 21.1 Å². The molecule has 4 aromatic carbocycles. The number of nitrogens with zero attached hydrogens (tertiary/aromatic N) is 3. The molecule has 0 amide bonds. The monoisotopic (exact) mass is 618 g/mol. The Morgan fingerprint density at radius 2 is 1.38 bits per heavy atom. The van der Waals surface area contributed by atoms with Gasteiger partial charge in [-0.2, -0.15) is 0 Å². The predicted octanol–water partition coefficient (Wildman–Crippen LogP) is 10.5. The average Bonchev–Trinajstić information content (AvgIpc) is 3.49. The first-order valence-corrected chi connectivity index (χ1v) is 16.6. The lowest BCUT2D eigenvalue weighted by molar-refractivity contribution is 0.510. The first kappa shape index (κ1) is 28.2. The van der Waals surface area contributed by atoms with Crippen molar-refractivity contribution in [1.29, 1.82) is 0 Å². The number of aromatic nitrogens is 3. The number of dihydropyridines is 1. The number of allylic oxidation sites excluding steroid dienone is 6. The minimum Gasteiger partial charge on any atom is -0.387 e. The van der Waals surface area contributed by atoms with E-state index >= 15 is 0 Å². The van der Waals surface area contributed by atoms with Gasteiger partial charge in [0.25, 0.3) is 0 Å². The van der Waals surface area contributed by atoms with Gasteiger partial charge in [0.1, 0.15) is 0 Å². The molecule has 4 heteroatoms. The Labute approximate surface area is 280 Å². The molecule has 230 valence electrons. The molecule has 0 radical (unpaired) electrons. The SMILES string of the molecule is CC1C=CC=CC1n1c2cc(-c3cccc(-c4cccnc4)c3)ccc2c2ccc3cc(-c4cncc(C5=CCNC=C5)c4)ccc3c21. The highest BCUT2D eigenvalue weighted by atomic mass is 15.0. The molecule has 0 bridgehead atoms. The molecular weight excluding hydrogens is 585 g/mol. The summed E-state index contributed by atoms with van der Waals surface area (Å²) in [6.45, 7) is 3.15. The van der Waals surface area contributed by atoms with E-state index in [0.29, 0.717) is 5.92 Å². The van der Waals surface area contributed by atoms with Crippen molar-refractivity contribution >= 4 is 38.2 Å². The van der Waals surface area contributed by atoms with Gasteiger partial charge in [0.05, 0.1) is 17.1 Å². The van der Waals surface area contributed by atoms with Crippen LogP contribution in [0, 0.1) is 5.92 Å². The van der Waals surface area contributed by atoms with Gasteiger partial charge in [-0.15, -0.1) is 0 Å². The molecule has 48 heavy (non-hydrogen) atoms. The van der Waals surface area contributed by atoms with Crippen LogP contribution in [0.5, 0.6) is 0 Å². The summed E-state index contributed by atoms with van der Waals surface area (Å²) in [6, 6.07) is 33.8. The van der Waals surface area contributed by atoms with Crippen LogP contribution in [0.2, 0.25) is 0 Å². The molecular formula is C44H34N4. The van der Waals surface area contributed by atoms with Gasteiger partial charge in [0.15, 0.2) is 0 Å². The zero-order chi connectivity index (χ0) is 32.0. The van der Waals surface area contributed by atoms with E-state index in [2.05, 4.69) is 148 Å². The summed E-state index contributed by atoms with van der Waals surface area (Å²) in [5.74, 6) is 0.355. The second kappa shape index (κ2) is 11.7. The Hall–Kier alpha value is -6.00. The number of pyridine rings is 2. The molecule has 4 nitrogen and oxygen atoms in total. The van der Waals surface area contributed by atoms with Gasteiger partial charge in [-0.25, -0.2) is 0 Å². The maximum Gasteiger partial charge on any atom is 0.0586 e. The third-order valence-electron chi connectivity index (χ3n) is 9.87. The highest BCUT2D eigenvalue weighted by Crippen LogP contribution is 2.42. The zero-order valence-electron chi connectivity index (χ0n) is 26.7. The minimum atomic E-state index is 0.199. The van der Waals surface area contributed by atoms with E-state index in [1.54, 1.807) is 0 Å². The van der Waals surface area contributed by atoms with Gasteiger partial charge in [-0.05, 0) is 81.7 Å². The number of hydrogen-bond acceptors (Lipinski definition) is 3. The van der Waals surface area contributed by atoms with Crippen molar-refractivity contribution in [3.05, 3.63) is 164 Å². The van der Waals surface area contributed by atoms with Gasteiger partial charge < -0.3 is 9.88 Å². The van der Waals surface area contributed by atoms with Crippen LogP contribution in [0.15, 0.2) is 158 Å². The first-order chi connectivity index (χ1) is 23.7. The van der Waals surface area contributed by atoms with Crippen LogP contribution in [0.25, 0.3) is 71.5 Å². The molecule has 0 saturated carbocycles. The molecule has 4 heterocycles. The third-order valence-corrected chi connectivity index (χ3v) is 9.87. The van der Waals surface area contributed by atoms with Crippen LogP contribution in [0.4, 0.5) is 0 Å². The lowest BCUT2D eigenvalue weighted by Gasteiger charge is -2.25. The van der Waals surface area contributed by atoms with Crippen molar-refractivity contribution in [1.82, 2.24) is 19.9 Å². The maximum atomic E-state index is 4.62. The number of nitrogens with one attached hydrogen (secondary N) is 1. The molecule has 1 aliphatic carbocycles. The van der Waals surface area contributed by atoms with Crippen LogP contribution in [-0.2, 0) is 0 Å². The smallest absolute Gasteiger partial charge is 0.0586 e. The Bertz CT molecular complexity index is 2480. The molecule has 1 N–H and O–H groups in total. The first-order valence-electron chi connectivity index (χ1n) is 16.6. The van der Waals surface area contributed by atoms with Crippen molar-refractivity contribution in [3.63, 3.8) is 0 Å². The van der Waals surface area contributed by atoms with Gasteiger partial charge in [-0.3, -0.25) is 9.97 Å². The third kappa shape index (κ3) is 4.85. The van der Waals surface area contributed by atoms with Gasteiger partial charge >= 0.3 is 0 Å². The predicted molar refractivity (Wildman–Crippen MR) is 200 cm³/mol. The highest BCUT2D eigenvalue weighted by molar-refractivity contribution is 6.18. The number of rotatable bonds is 5. The maximum absolute atomic E-state index is 4.62. The molecule has 7 aromatic rings. The summed E-state index contributed by atoms with van der Waals surface area (Å²) >= 11 is 0. The van der Waals surface area contributed by atoms with Gasteiger partial charge in [0.2, 0.25) is 0 Å². The standard InChI is InChI=1S/C44H34N4/c1-29-6-2-3-10-42(29)48-43-25-34(31-7-4-8-32(22-31)36-9-5-19-46-26-36)12-15-40(43)41-16-13-35-23-33(11-14-39(35)44(41)48)38-24-37(27-47-28-38)30-17-20-45-21-18-30/h2-20,22-29,42,45H,21H2,1H3. The Balaban J connectivity index is 1.22. The molecule has 1 aliphatic heterocycles. The lowest BCUT2D eigenvalue weighted by atomic mass is 9.95. The molecule has 2 aliphatic rings. The lowest BCUT2D eigenvalue weighted by Crippen LogP contribution is -2.15. The molecule has 9 rings (SSSR count). The quantitative estimate of drug-likeness (QED) is 0.209. The fraction of sp³-hybridized carbons (Fsp3) is 0.0909. The minimum absolute atomic E-state index is 0.199. The van der Waals surface area contributed by atoms with Crippen molar-refractivity contribution in [2.45, 2.75) is 13.0 Å².